The third-order valence-electron chi connectivity index (χ3n) is 6.12. The summed E-state index contributed by atoms with van der Waals surface area (Å²) in [7, 11) is 0. The Morgan fingerprint density at radius 1 is 0.879 bits per heavy atom. The lowest BCUT2D eigenvalue weighted by Gasteiger charge is -2.25. The Bertz CT molecular complexity index is 1460. The average molecular weight is 437 g/mol. The summed E-state index contributed by atoms with van der Waals surface area (Å²) < 4.78 is 5.88. The van der Waals surface area contributed by atoms with Crippen LogP contribution in [0.3, 0.4) is 0 Å². The number of aliphatic hydroxyl groups is 1. The van der Waals surface area contributed by atoms with E-state index in [4.69, 9.17) is 4.42 Å². The molecule has 0 aliphatic carbocycles. The molecule has 164 valence electrons. The lowest BCUT2D eigenvalue weighted by molar-refractivity contribution is -0.132. The van der Waals surface area contributed by atoms with E-state index >= 15 is 0 Å². The van der Waals surface area contributed by atoms with Crippen molar-refractivity contribution in [2.24, 2.45) is 0 Å². The van der Waals surface area contributed by atoms with Crippen LogP contribution < -0.4 is 4.90 Å². The Morgan fingerprint density at radius 3 is 2.36 bits per heavy atom. The minimum absolute atomic E-state index is 0.0190. The number of rotatable bonds is 3. The molecule has 0 spiro atoms. The summed E-state index contributed by atoms with van der Waals surface area (Å²) in [5, 5.41) is 13.3. The van der Waals surface area contributed by atoms with Gasteiger partial charge in [0.1, 0.15) is 23.3 Å². The van der Waals surface area contributed by atoms with Gasteiger partial charge in [0.25, 0.3) is 11.7 Å². The number of ketones is 1. The maximum absolute atomic E-state index is 13.3. The molecule has 1 aliphatic rings. The molecule has 1 saturated heterocycles. The normalized spacial score (nSPS) is 17.8. The highest BCUT2D eigenvalue weighted by Crippen LogP contribution is 2.43. The predicted molar refractivity (Wildman–Crippen MR) is 128 cm³/mol. The molecule has 1 amide bonds. The van der Waals surface area contributed by atoms with Gasteiger partial charge in [0, 0.05) is 11.3 Å². The van der Waals surface area contributed by atoms with Crippen LogP contribution in [0.1, 0.15) is 34.3 Å². The molecule has 3 aromatic carbocycles. The number of furan rings is 1. The summed E-state index contributed by atoms with van der Waals surface area (Å²) in [5.74, 6) is -0.561. The van der Waals surface area contributed by atoms with Gasteiger partial charge in [-0.1, -0.05) is 48.5 Å². The molecule has 5 rings (SSSR count). The second-order valence-corrected chi connectivity index (χ2v) is 8.47. The van der Waals surface area contributed by atoms with Gasteiger partial charge in [-0.3, -0.25) is 14.5 Å². The van der Waals surface area contributed by atoms with E-state index in [9.17, 15) is 14.7 Å². The van der Waals surface area contributed by atoms with Crippen molar-refractivity contribution in [1.82, 2.24) is 0 Å². The molecular weight excluding hydrogens is 414 g/mol. The lowest BCUT2D eigenvalue weighted by atomic mass is 9.97. The number of amides is 1. The zero-order chi connectivity index (χ0) is 23.3. The quantitative estimate of drug-likeness (QED) is 0.243. The number of fused-ring (bicyclic) bond motifs is 1. The fraction of sp³-hybridized carbons (Fsp3) is 0.143. The Kier molecular flexibility index (Phi) is 4.90. The van der Waals surface area contributed by atoms with Gasteiger partial charge in [0.05, 0.1) is 5.57 Å². The van der Waals surface area contributed by atoms with Gasteiger partial charge >= 0.3 is 0 Å². The highest BCUT2D eigenvalue weighted by molar-refractivity contribution is 6.51. The highest BCUT2D eigenvalue weighted by atomic mass is 16.3. The number of Topliss-reactive ketones (excluding diaryl/α,β-unsaturated/α-hetero) is 1. The number of anilines is 1. The number of aryl methyl sites for hydroxylation is 3. The van der Waals surface area contributed by atoms with Crippen molar-refractivity contribution in [1.29, 1.82) is 0 Å². The van der Waals surface area contributed by atoms with Gasteiger partial charge in [0.15, 0.2) is 0 Å². The molecule has 0 saturated carbocycles. The number of carbonyl (C=O) groups excluding carboxylic acids is 2. The number of hydrogen-bond donors (Lipinski definition) is 1. The van der Waals surface area contributed by atoms with Crippen molar-refractivity contribution in [3.05, 3.63) is 107 Å². The molecule has 0 bridgehead atoms. The first kappa shape index (κ1) is 20.8. The smallest absolute Gasteiger partial charge is 0.300 e. The summed E-state index contributed by atoms with van der Waals surface area (Å²) in [4.78, 5) is 28.1. The van der Waals surface area contributed by atoms with Gasteiger partial charge in [-0.05, 0) is 66.9 Å². The molecule has 33 heavy (non-hydrogen) atoms. The topological polar surface area (TPSA) is 70.8 Å². The first-order valence-electron chi connectivity index (χ1n) is 10.8. The summed E-state index contributed by atoms with van der Waals surface area (Å²) in [6.45, 7) is 5.62. The third kappa shape index (κ3) is 3.42. The lowest BCUT2D eigenvalue weighted by Crippen LogP contribution is -2.30. The molecule has 5 nitrogen and oxygen atoms in total. The van der Waals surface area contributed by atoms with Crippen LogP contribution in [0.4, 0.5) is 5.69 Å². The van der Waals surface area contributed by atoms with Crippen LogP contribution in [0.25, 0.3) is 16.5 Å². The van der Waals surface area contributed by atoms with Gasteiger partial charge < -0.3 is 9.52 Å². The molecule has 5 heteroatoms. The first-order chi connectivity index (χ1) is 15.8. The second-order valence-electron chi connectivity index (χ2n) is 8.47. The molecule has 1 fully saturated rings. The minimum atomic E-state index is -0.870. The number of carbonyl (C=O) groups is 2. The fourth-order valence-electron chi connectivity index (χ4n) is 4.42. The fourth-order valence-corrected chi connectivity index (χ4v) is 4.42. The van der Waals surface area contributed by atoms with Crippen LogP contribution >= 0.6 is 0 Å². The van der Waals surface area contributed by atoms with Crippen molar-refractivity contribution in [2.75, 3.05) is 4.90 Å². The van der Waals surface area contributed by atoms with Crippen LogP contribution in [-0.4, -0.2) is 16.8 Å². The van der Waals surface area contributed by atoms with Crippen molar-refractivity contribution < 1.29 is 19.1 Å². The number of benzene rings is 3. The Labute approximate surface area is 191 Å². The first-order valence-corrected chi connectivity index (χ1v) is 10.8. The van der Waals surface area contributed by atoms with E-state index in [-0.39, 0.29) is 11.3 Å². The van der Waals surface area contributed by atoms with E-state index in [0.29, 0.717) is 22.8 Å². The van der Waals surface area contributed by atoms with Crippen LogP contribution in [0.2, 0.25) is 0 Å². The van der Waals surface area contributed by atoms with Crippen LogP contribution in [-0.2, 0) is 9.59 Å². The minimum Gasteiger partial charge on any atom is -0.507 e. The molecule has 2 heterocycles. The summed E-state index contributed by atoms with van der Waals surface area (Å²) in [5.41, 5.74) is 2.92. The van der Waals surface area contributed by atoms with Gasteiger partial charge in [0.2, 0.25) is 0 Å². The Hall–Kier alpha value is -4.12. The summed E-state index contributed by atoms with van der Waals surface area (Å²) >= 11 is 0. The molecule has 1 N–H and O–H groups in total. The summed E-state index contributed by atoms with van der Waals surface area (Å²) in [6, 6.07) is 21.6. The average Bonchev–Trinajstić information content (AvgIpc) is 3.35. The Morgan fingerprint density at radius 2 is 1.64 bits per heavy atom. The van der Waals surface area contributed by atoms with Crippen LogP contribution in [0.15, 0.2) is 82.8 Å². The Balaban J connectivity index is 1.75. The highest BCUT2D eigenvalue weighted by Gasteiger charge is 2.48. The zero-order valence-corrected chi connectivity index (χ0v) is 18.6. The molecule has 1 aliphatic heterocycles. The monoisotopic (exact) mass is 437 g/mol. The largest absolute Gasteiger partial charge is 0.507 e. The van der Waals surface area contributed by atoms with Gasteiger partial charge in [-0.25, -0.2) is 0 Å². The van der Waals surface area contributed by atoms with E-state index in [1.807, 2.05) is 68.4 Å². The molecule has 1 aromatic heterocycles. The van der Waals surface area contributed by atoms with Crippen LogP contribution in [0, 0.1) is 20.8 Å². The van der Waals surface area contributed by atoms with E-state index in [2.05, 4.69) is 0 Å². The third-order valence-corrected chi connectivity index (χ3v) is 6.12. The number of nitrogens with zero attached hydrogens (tertiary/aromatic N) is 1. The molecule has 1 atom stereocenters. The maximum Gasteiger partial charge on any atom is 0.300 e. The summed E-state index contributed by atoms with van der Waals surface area (Å²) in [6.07, 6.45) is 0. The molecule has 4 aromatic rings. The van der Waals surface area contributed by atoms with Gasteiger partial charge in [-0.2, -0.15) is 0 Å². The zero-order valence-electron chi connectivity index (χ0n) is 18.6. The van der Waals surface area contributed by atoms with E-state index in [1.54, 1.807) is 25.1 Å². The number of hydrogen-bond acceptors (Lipinski definition) is 4. The SMILES string of the molecule is Cc1ccc(C)c(N2C(=O)C(=O)/C(=C(\O)c3ccc4ccccc4c3)C2c2ccc(C)o2)c1. The van der Waals surface area contributed by atoms with E-state index < -0.39 is 17.7 Å². The van der Waals surface area contributed by atoms with E-state index in [1.165, 1.54) is 4.90 Å². The molecule has 1 unspecified atom stereocenters. The van der Waals surface area contributed by atoms with Crippen molar-refractivity contribution in [3.63, 3.8) is 0 Å². The van der Waals surface area contributed by atoms with Crippen LogP contribution in [0.5, 0.6) is 0 Å². The second kappa shape index (κ2) is 7.78. The van der Waals surface area contributed by atoms with E-state index in [0.717, 1.165) is 21.9 Å². The number of aliphatic hydroxyl groups excluding tert-OH is 1. The standard InChI is InChI=1S/C28H23NO4/c1-16-8-9-17(2)22(14-16)29-25(23-13-10-18(3)33-23)24(27(31)28(29)32)26(30)21-12-11-19-6-4-5-7-20(19)15-21/h4-15,25,30H,1-3H3/b26-24-. The molecule has 0 radical (unpaired) electrons. The predicted octanol–water partition coefficient (Wildman–Crippen LogP) is 5.98. The van der Waals surface area contributed by atoms with Crippen molar-refractivity contribution in [2.45, 2.75) is 26.8 Å². The van der Waals surface area contributed by atoms with Crippen molar-refractivity contribution in [3.8, 4) is 0 Å². The maximum atomic E-state index is 13.3. The molecular formula is C28H23NO4. The van der Waals surface area contributed by atoms with Gasteiger partial charge in [-0.15, -0.1) is 0 Å². The van der Waals surface area contributed by atoms with Crippen molar-refractivity contribution >= 4 is 33.9 Å².